The lowest BCUT2D eigenvalue weighted by Crippen LogP contribution is -2.45. The van der Waals surface area contributed by atoms with E-state index in [1.54, 1.807) is 17.7 Å². The summed E-state index contributed by atoms with van der Waals surface area (Å²) >= 11 is 1.68. The van der Waals surface area contributed by atoms with E-state index in [1.807, 2.05) is 0 Å². The molecule has 19 heavy (non-hydrogen) atoms. The van der Waals surface area contributed by atoms with Crippen LogP contribution < -0.4 is 4.90 Å². The van der Waals surface area contributed by atoms with Crippen LogP contribution in [0.1, 0.15) is 5.56 Å². The summed E-state index contributed by atoms with van der Waals surface area (Å²) in [5.74, 6) is 1.59. The molecule has 0 spiro atoms. The standard InChI is InChI=1S/C13H17N5S/c1-10-3-8-19-11(10)12-14-9-15-13(16-12)18-6-4-17(2)5-7-18/h3,8-9H,4-7H2,1-2H3. The van der Waals surface area contributed by atoms with Crippen molar-refractivity contribution in [2.75, 3.05) is 38.1 Å². The van der Waals surface area contributed by atoms with Gasteiger partial charge < -0.3 is 9.80 Å². The highest BCUT2D eigenvalue weighted by molar-refractivity contribution is 7.13. The van der Waals surface area contributed by atoms with Gasteiger partial charge in [-0.2, -0.15) is 4.98 Å². The zero-order valence-electron chi connectivity index (χ0n) is 11.2. The predicted octanol–water partition coefficient (Wildman–Crippen LogP) is 1.66. The van der Waals surface area contributed by atoms with Gasteiger partial charge in [0.2, 0.25) is 5.95 Å². The number of hydrogen-bond donors (Lipinski definition) is 0. The lowest BCUT2D eigenvalue weighted by Gasteiger charge is -2.32. The first-order valence-corrected chi connectivity index (χ1v) is 7.29. The van der Waals surface area contributed by atoms with Gasteiger partial charge >= 0.3 is 0 Å². The molecule has 5 nitrogen and oxygen atoms in total. The van der Waals surface area contributed by atoms with Gasteiger partial charge in [-0.15, -0.1) is 11.3 Å². The minimum Gasteiger partial charge on any atom is -0.338 e. The Bertz CT molecular complexity index is 560. The topological polar surface area (TPSA) is 45.2 Å². The fourth-order valence-electron chi connectivity index (χ4n) is 2.16. The van der Waals surface area contributed by atoms with Gasteiger partial charge in [0.05, 0.1) is 4.88 Å². The van der Waals surface area contributed by atoms with E-state index in [9.17, 15) is 0 Å². The molecular weight excluding hydrogens is 258 g/mol. The van der Waals surface area contributed by atoms with Gasteiger partial charge in [-0.1, -0.05) is 0 Å². The number of aryl methyl sites for hydroxylation is 1. The largest absolute Gasteiger partial charge is 0.338 e. The molecule has 0 saturated carbocycles. The zero-order valence-corrected chi connectivity index (χ0v) is 12.0. The van der Waals surface area contributed by atoms with Crippen molar-refractivity contribution < 1.29 is 0 Å². The van der Waals surface area contributed by atoms with Crippen molar-refractivity contribution in [1.29, 1.82) is 0 Å². The van der Waals surface area contributed by atoms with E-state index in [-0.39, 0.29) is 0 Å². The van der Waals surface area contributed by atoms with Gasteiger partial charge in [-0.25, -0.2) is 9.97 Å². The number of likely N-dealkylation sites (N-methyl/N-ethyl adjacent to an activating group) is 1. The van der Waals surface area contributed by atoms with Crippen molar-refractivity contribution in [1.82, 2.24) is 19.9 Å². The highest BCUT2D eigenvalue weighted by Gasteiger charge is 2.17. The molecule has 6 heteroatoms. The minimum atomic E-state index is 0.788. The molecule has 0 bridgehead atoms. The highest BCUT2D eigenvalue weighted by atomic mass is 32.1. The number of nitrogens with zero attached hydrogens (tertiary/aromatic N) is 5. The van der Waals surface area contributed by atoms with E-state index < -0.39 is 0 Å². The summed E-state index contributed by atoms with van der Waals surface area (Å²) < 4.78 is 0. The van der Waals surface area contributed by atoms with E-state index in [4.69, 9.17) is 0 Å². The van der Waals surface area contributed by atoms with Crippen molar-refractivity contribution in [3.63, 3.8) is 0 Å². The Morgan fingerprint density at radius 1 is 1.16 bits per heavy atom. The average molecular weight is 275 g/mol. The van der Waals surface area contributed by atoms with E-state index in [0.717, 1.165) is 42.8 Å². The first kappa shape index (κ1) is 12.5. The van der Waals surface area contributed by atoms with E-state index >= 15 is 0 Å². The van der Waals surface area contributed by atoms with Crippen LogP contribution in [0, 0.1) is 6.92 Å². The van der Waals surface area contributed by atoms with Crippen LogP contribution >= 0.6 is 11.3 Å². The molecule has 0 aromatic carbocycles. The van der Waals surface area contributed by atoms with Crippen LogP contribution in [-0.2, 0) is 0 Å². The summed E-state index contributed by atoms with van der Waals surface area (Å²) in [4.78, 5) is 18.9. The van der Waals surface area contributed by atoms with Crippen LogP contribution in [0.25, 0.3) is 10.7 Å². The van der Waals surface area contributed by atoms with E-state index in [0.29, 0.717) is 0 Å². The third-order valence-electron chi connectivity index (χ3n) is 3.41. The second-order valence-corrected chi connectivity index (χ2v) is 5.75. The second kappa shape index (κ2) is 5.22. The Balaban J connectivity index is 1.86. The number of rotatable bonds is 2. The molecule has 3 heterocycles. The molecule has 0 radical (unpaired) electrons. The molecule has 1 saturated heterocycles. The minimum absolute atomic E-state index is 0.788. The van der Waals surface area contributed by atoms with Gasteiger partial charge in [0.15, 0.2) is 5.82 Å². The average Bonchev–Trinajstić information content (AvgIpc) is 2.86. The van der Waals surface area contributed by atoms with Gasteiger partial charge in [-0.05, 0) is 31.0 Å². The summed E-state index contributed by atoms with van der Waals surface area (Å²) in [7, 11) is 2.14. The molecule has 100 valence electrons. The van der Waals surface area contributed by atoms with Crippen LogP contribution in [0.4, 0.5) is 5.95 Å². The monoisotopic (exact) mass is 275 g/mol. The molecule has 0 amide bonds. The van der Waals surface area contributed by atoms with Crippen LogP contribution in [0.15, 0.2) is 17.8 Å². The fraction of sp³-hybridized carbons (Fsp3) is 0.462. The van der Waals surface area contributed by atoms with Crippen molar-refractivity contribution in [3.8, 4) is 10.7 Å². The smallest absolute Gasteiger partial charge is 0.229 e. The summed E-state index contributed by atoms with van der Waals surface area (Å²) in [5, 5.41) is 2.07. The van der Waals surface area contributed by atoms with E-state index in [1.165, 1.54) is 5.56 Å². The van der Waals surface area contributed by atoms with Crippen molar-refractivity contribution in [2.24, 2.45) is 0 Å². The molecule has 1 aliphatic heterocycles. The third-order valence-corrected chi connectivity index (χ3v) is 4.42. The lowest BCUT2D eigenvalue weighted by atomic mass is 10.3. The van der Waals surface area contributed by atoms with Crippen LogP contribution in [0.2, 0.25) is 0 Å². The maximum atomic E-state index is 4.62. The van der Waals surface area contributed by atoms with Gasteiger partial charge in [0, 0.05) is 26.2 Å². The second-order valence-electron chi connectivity index (χ2n) is 4.83. The summed E-state index contributed by atoms with van der Waals surface area (Å²) in [6.45, 7) is 6.15. The molecule has 2 aromatic heterocycles. The van der Waals surface area contributed by atoms with Crippen molar-refractivity contribution in [2.45, 2.75) is 6.92 Å². The van der Waals surface area contributed by atoms with Crippen molar-refractivity contribution >= 4 is 17.3 Å². The Labute approximate surface area is 116 Å². The molecule has 0 unspecified atom stereocenters. The Morgan fingerprint density at radius 2 is 1.95 bits per heavy atom. The van der Waals surface area contributed by atoms with Gasteiger partial charge in [0.25, 0.3) is 0 Å². The molecular formula is C13H17N5S. The molecule has 0 atom stereocenters. The van der Waals surface area contributed by atoms with E-state index in [2.05, 4.69) is 50.2 Å². The first-order valence-electron chi connectivity index (χ1n) is 6.41. The summed E-state index contributed by atoms with van der Waals surface area (Å²) in [5.41, 5.74) is 1.22. The van der Waals surface area contributed by atoms with Crippen LogP contribution in [0.5, 0.6) is 0 Å². The molecule has 2 aromatic rings. The first-order chi connectivity index (χ1) is 9.24. The van der Waals surface area contributed by atoms with Gasteiger partial charge in [0.1, 0.15) is 6.33 Å². The number of anilines is 1. The Hall–Kier alpha value is -1.53. The molecule has 1 fully saturated rings. The van der Waals surface area contributed by atoms with Crippen molar-refractivity contribution in [3.05, 3.63) is 23.3 Å². The molecule has 0 aliphatic carbocycles. The predicted molar refractivity (Wildman–Crippen MR) is 77.6 cm³/mol. The third kappa shape index (κ3) is 2.59. The molecule has 3 rings (SSSR count). The van der Waals surface area contributed by atoms with Crippen LogP contribution in [0.3, 0.4) is 0 Å². The number of piperazine rings is 1. The summed E-state index contributed by atoms with van der Waals surface area (Å²) in [6.07, 6.45) is 1.62. The zero-order chi connectivity index (χ0) is 13.2. The number of thiophene rings is 1. The van der Waals surface area contributed by atoms with Crippen LogP contribution in [-0.4, -0.2) is 53.1 Å². The number of hydrogen-bond acceptors (Lipinski definition) is 6. The fourth-order valence-corrected chi connectivity index (χ4v) is 3.02. The Kier molecular flexibility index (Phi) is 3.44. The Morgan fingerprint density at radius 3 is 2.63 bits per heavy atom. The normalized spacial score (nSPS) is 16.8. The van der Waals surface area contributed by atoms with Gasteiger partial charge in [-0.3, -0.25) is 0 Å². The maximum Gasteiger partial charge on any atom is 0.229 e. The molecule has 0 N–H and O–H groups in total. The SMILES string of the molecule is Cc1ccsc1-c1ncnc(N2CCN(C)CC2)n1. The molecule has 1 aliphatic rings. The maximum absolute atomic E-state index is 4.62. The summed E-state index contributed by atoms with van der Waals surface area (Å²) in [6, 6.07) is 2.10. The number of aromatic nitrogens is 3. The quantitative estimate of drug-likeness (QED) is 0.834. The highest BCUT2D eigenvalue weighted by Crippen LogP contribution is 2.26. The lowest BCUT2D eigenvalue weighted by molar-refractivity contribution is 0.311.